The molecule has 1 aromatic heterocycles. The largest absolute Gasteiger partial charge is 0.493 e. The molecular weight excluding hydrogens is 488 g/mol. The van der Waals surface area contributed by atoms with Gasteiger partial charge in [-0.05, 0) is 30.7 Å². The van der Waals surface area contributed by atoms with Crippen LogP contribution in [0, 0.1) is 0 Å². The molecule has 0 unspecified atom stereocenters. The van der Waals surface area contributed by atoms with Gasteiger partial charge in [-0.3, -0.25) is 14.5 Å². The highest BCUT2D eigenvalue weighted by molar-refractivity contribution is 6.27. The smallest absolute Gasteiger partial charge is 0.259 e. The highest BCUT2D eigenvalue weighted by Crippen LogP contribution is 2.46. The first-order chi connectivity index (χ1) is 17.1. The Morgan fingerprint density at radius 2 is 1.50 bits per heavy atom. The number of rotatable bonds is 6. The lowest BCUT2D eigenvalue weighted by molar-refractivity contribution is 0.0369. The maximum Gasteiger partial charge on any atom is 0.259 e. The van der Waals surface area contributed by atoms with Crippen molar-refractivity contribution in [1.82, 2.24) is 9.47 Å². The van der Waals surface area contributed by atoms with E-state index in [0.717, 1.165) is 39.3 Å². The van der Waals surface area contributed by atoms with Crippen molar-refractivity contribution < 1.29 is 28.5 Å². The number of ether oxygens (including phenoxy) is 5. The molecule has 0 N–H and O–H groups in total. The predicted octanol–water partition coefficient (Wildman–Crippen LogP) is 3.10. The Bertz CT molecular complexity index is 1410. The fraction of sp³-hybridized carbons (Fsp3) is 0.385. The molecule has 0 spiro atoms. The van der Waals surface area contributed by atoms with E-state index in [0.29, 0.717) is 62.7 Å². The van der Waals surface area contributed by atoms with Crippen LogP contribution in [0.3, 0.4) is 0 Å². The Balaban J connectivity index is 0.00000267. The van der Waals surface area contributed by atoms with Gasteiger partial charge in [-0.1, -0.05) is 0 Å². The number of nitrogens with zero attached hydrogens (tertiary/aromatic N) is 2. The number of carbonyl (C=O) groups excluding carboxylic acids is 1. The molecule has 0 amide bonds. The highest BCUT2D eigenvalue weighted by Gasteiger charge is 2.35. The normalized spacial score (nSPS) is 16.0. The van der Waals surface area contributed by atoms with Crippen molar-refractivity contribution in [3.63, 3.8) is 0 Å². The van der Waals surface area contributed by atoms with E-state index < -0.39 is 0 Å². The Morgan fingerprint density at radius 3 is 2.17 bits per heavy atom. The number of aromatic nitrogens is 1. The van der Waals surface area contributed by atoms with E-state index in [1.165, 1.54) is 14.2 Å². The van der Waals surface area contributed by atoms with Gasteiger partial charge in [0.25, 0.3) is 5.56 Å². The van der Waals surface area contributed by atoms with Gasteiger partial charge in [0, 0.05) is 42.7 Å². The lowest BCUT2D eigenvalue weighted by atomic mass is 10.0. The second-order valence-corrected chi connectivity index (χ2v) is 8.82. The fourth-order valence-electron chi connectivity index (χ4n) is 5.23. The topological polar surface area (TPSA) is 88.5 Å². The van der Waals surface area contributed by atoms with Crippen LogP contribution in [0.1, 0.15) is 22.3 Å². The highest BCUT2D eigenvalue weighted by atomic mass is 35.5. The van der Waals surface area contributed by atoms with Crippen molar-refractivity contribution in [2.24, 2.45) is 0 Å². The zero-order valence-electron chi connectivity index (χ0n) is 20.1. The van der Waals surface area contributed by atoms with Crippen molar-refractivity contribution >= 4 is 29.0 Å². The predicted molar refractivity (Wildman–Crippen MR) is 135 cm³/mol. The van der Waals surface area contributed by atoms with Gasteiger partial charge >= 0.3 is 0 Å². The summed E-state index contributed by atoms with van der Waals surface area (Å²) in [5, 5.41) is 0.976. The Morgan fingerprint density at radius 1 is 0.861 bits per heavy atom. The van der Waals surface area contributed by atoms with Gasteiger partial charge in [0.1, 0.15) is 0 Å². The summed E-state index contributed by atoms with van der Waals surface area (Å²) in [6.07, 6.45) is 0.763. The van der Waals surface area contributed by atoms with Crippen LogP contribution in [0.15, 0.2) is 29.1 Å². The molecule has 0 saturated carbocycles. The van der Waals surface area contributed by atoms with E-state index in [1.807, 2.05) is 6.07 Å². The Labute approximate surface area is 213 Å². The number of ketones is 1. The average Bonchev–Trinajstić information content (AvgIpc) is 3.46. The first-order valence-electron chi connectivity index (χ1n) is 11.7. The van der Waals surface area contributed by atoms with E-state index in [4.69, 9.17) is 23.7 Å². The van der Waals surface area contributed by atoms with Gasteiger partial charge < -0.3 is 28.3 Å². The molecule has 0 atom stereocenters. The van der Waals surface area contributed by atoms with Crippen LogP contribution in [0.5, 0.6) is 23.0 Å². The number of benzene rings is 2. The molecule has 1 saturated heterocycles. The number of halogens is 1. The Kier molecular flexibility index (Phi) is 6.55. The van der Waals surface area contributed by atoms with Crippen LogP contribution < -0.4 is 24.5 Å². The van der Waals surface area contributed by atoms with Gasteiger partial charge in [-0.25, -0.2) is 0 Å². The Hall–Kier alpha value is -3.27. The molecule has 10 heteroatoms. The molecule has 9 nitrogen and oxygen atoms in total. The molecule has 36 heavy (non-hydrogen) atoms. The first-order valence-corrected chi connectivity index (χ1v) is 11.7. The van der Waals surface area contributed by atoms with Crippen LogP contribution >= 0.6 is 12.4 Å². The maximum atomic E-state index is 13.9. The molecule has 1 aliphatic carbocycles. The van der Waals surface area contributed by atoms with E-state index in [9.17, 15) is 9.59 Å². The number of pyridine rings is 1. The lowest BCUT2D eigenvalue weighted by Crippen LogP contribution is -2.37. The standard InChI is InChI=1S/C26H26N2O7.ClH/c1-31-19-10-15-18(13-20(19)32-2)26(30)28(5-3-4-27-6-8-33-9-7-27)24-16-11-21-22(35-14-34-21)12-17(16)25(29)23(15)24;/h10-13H,3-9,14H2,1-2H3;1H. The molecule has 6 rings (SSSR count). The summed E-state index contributed by atoms with van der Waals surface area (Å²) >= 11 is 0. The molecule has 190 valence electrons. The maximum absolute atomic E-state index is 13.9. The minimum Gasteiger partial charge on any atom is -0.493 e. The molecule has 1 fully saturated rings. The molecule has 0 bridgehead atoms. The van der Waals surface area contributed by atoms with Crippen molar-refractivity contribution in [1.29, 1.82) is 0 Å². The van der Waals surface area contributed by atoms with Crippen LogP contribution in [0.2, 0.25) is 0 Å². The number of fused-ring (bicyclic) bond motifs is 6. The zero-order valence-corrected chi connectivity index (χ0v) is 20.9. The minimum absolute atomic E-state index is 0. The van der Waals surface area contributed by atoms with Gasteiger partial charge in [0.15, 0.2) is 28.8 Å². The summed E-state index contributed by atoms with van der Waals surface area (Å²) in [7, 11) is 3.06. The fourth-order valence-corrected chi connectivity index (χ4v) is 5.23. The molecule has 2 aliphatic heterocycles. The van der Waals surface area contributed by atoms with Crippen LogP contribution in [-0.2, 0) is 11.3 Å². The van der Waals surface area contributed by atoms with Crippen LogP contribution in [0.25, 0.3) is 22.0 Å². The molecule has 3 aromatic rings. The monoisotopic (exact) mass is 514 g/mol. The summed E-state index contributed by atoms with van der Waals surface area (Å²) in [5.41, 5.74) is 2.14. The number of carbonyl (C=O) groups is 1. The first kappa shape index (κ1) is 24.4. The van der Waals surface area contributed by atoms with Crippen molar-refractivity contribution in [3.8, 4) is 34.3 Å². The zero-order chi connectivity index (χ0) is 24.1. The molecule has 2 aromatic carbocycles. The number of morpholine rings is 1. The van der Waals surface area contributed by atoms with E-state index in [1.54, 1.807) is 22.8 Å². The minimum atomic E-state index is -0.167. The van der Waals surface area contributed by atoms with Crippen molar-refractivity contribution in [3.05, 3.63) is 45.7 Å². The van der Waals surface area contributed by atoms with Crippen LogP contribution in [0.4, 0.5) is 0 Å². The number of hydrogen-bond acceptors (Lipinski definition) is 8. The van der Waals surface area contributed by atoms with Crippen molar-refractivity contribution in [2.45, 2.75) is 13.0 Å². The number of hydrogen-bond donors (Lipinski definition) is 0. The molecule has 3 heterocycles. The SMILES string of the molecule is COc1cc2c3c(n(CCCN4CCOCC4)c(=O)c2cc1OC)-c1cc2c(cc1C3=O)OCO2.Cl. The molecule has 0 radical (unpaired) electrons. The summed E-state index contributed by atoms with van der Waals surface area (Å²) in [6.45, 7) is 4.64. The summed E-state index contributed by atoms with van der Waals surface area (Å²) in [5.74, 6) is 1.87. The summed E-state index contributed by atoms with van der Waals surface area (Å²) < 4.78 is 29.2. The van der Waals surface area contributed by atoms with E-state index in [-0.39, 0.29) is 30.5 Å². The molecule has 3 aliphatic rings. The third kappa shape index (κ3) is 3.78. The van der Waals surface area contributed by atoms with Crippen molar-refractivity contribution in [2.75, 3.05) is 53.9 Å². The third-order valence-electron chi connectivity index (χ3n) is 6.97. The summed E-state index contributed by atoms with van der Waals surface area (Å²) in [6, 6.07) is 6.91. The van der Waals surface area contributed by atoms with Crippen LogP contribution in [-0.4, -0.2) is 69.1 Å². The lowest BCUT2D eigenvalue weighted by Gasteiger charge is -2.26. The molecular formula is C26H27ClN2O7. The van der Waals surface area contributed by atoms with Gasteiger partial charge in [0.05, 0.1) is 44.1 Å². The van der Waals surface area contributed by atoms with E-state index >= 15 is 0 Å². The van der Waals surface area contributed by atoms with E-state index in [2.05, 4.69) is 4.90 Å². The van der Waals surface area contributed by atoms with Gasteiger partial charge in [-0.2, -0.15) is 0 Å². The summed E-state index contributed by atoms with van der Waals surface area (Å²) in [4.78, 5) is 29.9. The quantitative estimate of drug-likeness (QED) is 0.388. The van der Waals surface area contributed by atoms with Gasteiger partial charge in [-0.15, -0.1) is 12.4 Å². The average molecular weight is 515 g/mol. The third-order valence-corrected chi connectivity index (χ3v) is 6.97. The second-order valence-electron chi connectivity index (χ2n) is 8.82. The van der Waals surface area contributed by atoms with Gasteiger partial charge in [0.2, 0.25) is 6.79 Å². The second kappa shape index (κ2) is 9.65. The number of methoxy groups -OCH3 is 2.